The molecule has 0 aromatic heterocycles. The Morgan fingerprint density at radius 1 is 1.17 bits per heavy atom. The number of benzene rings is 2. The highest BCUT2D eigenvalue weighted by atomic mass is 19.1. The molecule has 2 amide bonds. The number of rotatable bonds is 2. The number of nitrogens with one attached hydrogen (secondary N) is 1. The van der Waals surface area contributed by atoms with Gasteiger partial charge >= 0.3 is 6.09 Å². The average Bonchev–Trinajstić information content (AvgIpc) is 3.12. The lowest BCUT2D eigenvalue weighted by Gasteiger charge is -2.40. The zero-order valence-corrected chi connectivity index (χ0v) is 15.7. The first-order valence-electron chi connectivity index (χ1n) is 9.82. The van der Waals surface area contributed by atoms with Gasteiger partial charge in [0.2, 0.25) is 0 Å². The minimum absolute atomic E-state index is 0. The Labute approximate surface area is 169 Å². The molecule has 2 aromatic carbocycles. The number of hydrogen-bond donors (Lipinski definition) is 1. The number of fused-ring (bicyclic) bond motifs is 2. The number of carbonyl (C=O) groups excluding carboxylic acids is 2. The molecule has 0 unspecified atom stereocenters. The van der Waals surface area contributed by atoms with Crippen LogP contribution >= 0.6 is 0 Å². The third-order valence-electron chi connectivity index (χ3n) is 5.96. The van der Waals surface area contributed by atoms with Crippen LogP contribution in [0.2, 0.25) is 0 Å². The molecule has 4 atom stereocenters. The van der Waals surface area contributed by atoms with E-state index >= 15 is 0 Å². The zero-order chi connectivity index (χ0) is 20.0. The summed E-state index contributed by atoms with van der Waals surface area (Å²) in [6.07, 6.45) is -0.415. The fourth-order valence-electron chi connectivity index (χ4n) is 4.52. The summed E-state index contributed by atoms with van der Waals surface area (Å²) in [6.45, 7) is 0.794. The van der Waals surface area contributed by atoms with Crippen LogP contribution in [0.5, 0.6) is 0 Å². The molecule has 5 rings (SSSR count). The first-order chi connectivity index (χ1) is 14.1. The normalized spacial score (nSPS) is 28.2. The van der Waals surface area contributed by atoms with Gasteiger partial charge in [0.15, 0.2) is 0 Å². The highest BCUT2D eigenvalue weighted by molar-refractivity contribution is 5.83. The number of carbonyl (C=O) groups is 2. The fourth-order valence-corrected chi connectivity index (χ4v) is 4.52. The molecule has 2 saturated heterocycles. The van der Waals surface area contributed by atoms with Gasteiger partial charge < -0.3 is 19.7 Å². The smallest absolute Gasteiger partial charge is 0.407 e. The van der Waals surface area contributed by atoms with Crippen molar-refractivity contribution in [2.45, 2.75) is 37.1 Å². The quantitative estimate of drug-likeness (QED) is 0.845. The van der Waals surface area contributed by atoms with E-state index < -0.39 is 12.2 Å². The van der Waals surface area contributed by atoms with Crippen molar-refractivity contribution in [1.82, 2.24) is 10.2 Å². The van der Waals surface area contributed by atoms with Gasteiger partial charge in [-0.3, -0.25) is 4.79 Å². The van der Waals surface area contributed by atoms with Gasteiger partial charge in [0.25, 0.3) is 5.91 Å². The fraction of sp³-hybridized carbons (Fsp3) is 0.364. The molecule has 152 valence electrons. The van der Waals surface area contributed by atoms with Crippen molar-refractivity contribution in [2.75, 3.05) is 13.2 Å². The monoisotopic (exact) mass is 398 g/mol. The Morgan fingerprint density at radius 2 is 1.97 bits per heavy atom. The predicted molar refractivity (Wildman–Crippen MR) is 104 cm³/mol. The average molecular weight is 398 g/mol. The zero-order valence-electron chi connectivity index (χ0n) is 15.7. The van der Waals surface area contributed by atoms with Crippen LogP contribution in [0.1, 0.15) is 30.6 Å². The van der Waals surface area contributed by atoms with E-state index in [2.05, 4.69) is 11.4 Å². The molecule has 7 heteroatoms. The maximum Gasteiger partial charge on any atom is 0.407 e. The summed E-state index contributed by atoms with van der Waals surface area (Å²) in [5.41, 5.74) is 3.08. The van der Waals surface area contributed by atoms with Gasteiger partial charge in [-0.15, -0.1) is 0 Å². The Hall–Kier alpha value is -2.93. The summed E-state index contributed by atoms with van der Waals surface area (Å²) < 4.78 is 24.6. The SMILES string of the molecule is O=C1N[C@@H]2CO[C@@H](C(=O)N3CCc4ccccc4[C@@H]3c3ccc(F)cc3)C[C@@H]2O1.[HH]. The third-order valence-corrected chi connectivity index (χ3v) is 5.96. The second-order valence-corrected chi connectivity index (χ2v) is 7.69. The van der Waals surface area contributed by atoms with E-state index in [4.69, 9.17) is 9.47 Å². The highest BCUT2D eigenvalue weighted by Gasteiger charge is 2.44. The topological polar surface area (TPSA) is 67.9 Å². The van der Waals surface area contributed by atoms with Crippen LogP contribution in [-0.4, -0.2) is 48.3 Å². The Kier molecular flexibility index (Phi) is 4.47. The molecule has 0 aliphatic carbocycles. The van der Waals surface area contributed by atoms with Gasteiger partial charge in [0.1, 0.15) is 18.0 Å². The van der Waals surface area contributed by atoms with E-state index in [0.29, 0.717) is 13.0 Å². The van der Waals surface area contributed by atoms with Gasteiger partial charge in [0.05, 0.1) is 18.7 Å². The minimum Gasteiger partial charge on any atom is -0.444 e. The summed E-state index contributed by atoms with van der Waals surface area (Å²) in [5.74, 6) is -0.442. The molecule has 2 fully saturated rings. The summed E-state index contributed by atoms with van der Waals surface area (Å²) in [4.78, 5) is 26.7. The number of alkyl carbamates (subject to hydrolysis) is 1. The lowest BCUT2D eigenvalue weighted by Crippen LogP contribution is -2.52. The van der Waals surface area contributed by atoms with Crippen molar-refractivity contribution in [1.29, 1.82) is 0 Å². The third kappa shape index (κ3) is 3.25. The minimum atomic E-state index is -0.669. The maximum absolute atomic E-state index is 13.5. The van der Waals surface area contributed by atoms with Gasteiger partial charge in [-0.2, -0.15) is 0 Å². The first-order valence-corrected chi connectivity index (χ1v) is 9.82. The van der Waals surface area contributed by atoms with E-state index in [1.54, 1.807) is 12.1 Å². The van der Waals surface area contributed by atoms with Crippen LogP contribution in [-0.2, 0) is 20.7 Å². The van der Waals surface area contributed by atoms with E-state index in [0.717, 1.165) is 17.5 Å². The molecule has 6 nitrogen and oxygen atoms in total. The van der Waals surface area contributed by atoms with Crippen LogP contribution in [0, 0.1) is 5.82 Å². The number of ether oxygens (including phenoxy) is 2. The first kappa shape index (κ1) is 18.1. The lowest BCUT2D eigenvalue weighted by molar-refractivity contribution is -0.152. The molecule has 1 N–H and O–H groups in total. The van der Waals surface area contributed by atoms with Crippen LogP contribution in [0.25, 0.3) is 0 Å². The molecule has 3 aliphatic rings. The van der Waals surface area contributed by atoms with E-state index in [1.165, 1.54) is 17.7 Å². The molecule has 3 aliphatic heterocycles. The van der Waals surface area contributed by atoms with E-state index in [9.17, 15) is 14.0 Å². The number of nitrogens with zero attached hydrogens (tertiary/aromatic N) is 1. The van der Waals surface area contributed by atoms with Gasteiger partial charge in [-0.1, -0.05) is 36.4 Å². The molecular formula is C22H23FN2O4. The number of amides is 2. The molecule has 0 bridgehead atoms. The Bertz CT molecular complexity index is 954. The summed E-state index contributed by atoms with van der Waals surface area (Å²) >= 11 is 0. The van der Waals surface area contributed by atoms with Crippen LogP contribution in [0.4, 0.5) is 9.18 Å². The molecule has 29 heavy (non-hydrogen) atoms. The second-order valence-electron chi connectivity index (χ2n) is 7.69. The predicted octanol–water partition coefficient (Wildman–Crippen LogP) is 2.81. The van der Waals surface area contributed by atoms with E-state index in [-0.39, 0.29) is 37.9 Å². The number of halogens is 1. The van der Waals surface area contributed by atoms with Crippen molar-refractivity contribution in [2.24, 2.45) is 0 Å². The van der Waals surface area contributed by atoms with Crippen molar-refractivity contribution in [3.63, 3.8) is 0 Å². The van der Waals surface area contributed by atoms with Gasteiger partial charge in [-0.05, 0) is 35.2 Å². The molecule has 0 spiro atoms. The standard InChI is InChI=1S/C22H21FN2O4.H2/c23-15-7-5-14(6-8-15)20-16-4-2-1-3-13(16)9-10-25(20)21(26)19-11-18-17(12-28-19)24-22(27)29-18;/h1-8,17-20H,9-12H2,(H,24,27);1H/t17-,18+,19-,20+;/m1./s1. The summed E-state index contributed by atoms with van der Waals surface area (Å²) in [6, 6.07) is 13.8. The van der Waals surface area contributed by atoms with Crippen molar-refractivity contribution < 1.29 is 24.9 Å². The highest BCUT2D eigenvalue weighted by Crippen LogP contribution is 2.36. The molecule has 3 heterocycles. The molecular weight excluding hydrogens is 375 g/mol. The molecule has 0 saturated carbocycles. The molecule has 0 radical (unpaired) electrons. The van der Waals surface area contributed by atoms with Crippen LogP contribution in [0.3, 0.4) is 0 Å². The largest absolute Gasteiger partial charge is 0.444 e. The Morgan fingerprint density at radius 3 is 2.79 bits per heavy atom. The van der Waals surface area contributed by atoms with E-state index in [1.807, 2.05) is 23.1 Å². The van der Waals surface area contributed by atoms with Gasteiger partial charge in [-0.25, -0.2) is 9.18 Å². The van der Waals surface area contributed by atoms with Gasteiger partial charge in [0, 0.05) is 14.4 Å². The van der Waals surface area contributed by atoms with Crippen molar-refractivity contribution >= 4 is 12.0 Å². The van der Waals surface area contributed by atoms with Crippen LogP contribution in [0.15, 0.2) is 48.5 Å². The number of hydrogen-bond acceptors (Lipinski definition) is 4. The lowest BCUT2D eigenvalue weighted by atomic mass is 9.87. The van der Waals surface area contributed by atoms with Crippen molar-refractivity contribution in [3.8, 4) is 0 Å². The van der Waals surface area contributed by atoms with Crippen molar-refractivity contribution in [3.05, 3.63) is 71.0 Å². The Balaban J connectivity index is 0.00000218. The second kappa shape index (κ2) is 7.15. The summed E-state index contributed by atoms with van der Waals surface area (Å²) in [5, 5.41) is 2.70. The molecule has 2 aromatic rings. The summed E-state index contributed by atoms with van der Waals surface area (Å²) in [7, 11) is 0. The maximum atomic E-state index is 13.5. The van der Waals surface area contributed by atoms with Crippen LogP contribution < -0.4 is 5.32 Å².